The van der Waals surface area contributed by atoms with Crippen LogP contribution in [-0.4, -0.2) is 20.9 Å². The molecule has 28 heavy (non-hydrogen) atoms. The van der Waals surface area contributed by atoms with Crippen molar-refractivity contribution in [2.75, 3.05) is 11.3 Å². The first-order valence-corrected chi connectivity index (χ1v) is 10.3. The number of hydrogen-bond acceptors (Lipinski definition) is 4. The van der Waals surface area contributed by atoms with Gasteiger partial charge in [0.25, 0.3) is 15.9 Å². The van der Waals surface area contributed by atoms with Crippen LogP contribution >= 0.6 is 0 Å². The smallest absolute Gasteiger partial charge is 0.261 e. The summed E-state index contributed by atoms with van der Waals surface area (Å²) in [6.45, 7) is 3.99. The second-order valence-electron chi connectivity index (χ2n) is 6.48. The van der Waals surface area contributed by atoms with Crippen molar-refractivity contribution in [3.05, 3.63) is 83.3 Å². The van der Waals surface area contributed by atoms with E-state index < -0.39 is 10.0 Å². The summed E-state index contributed by atoms with van der Waals surface area (Å²) in [5.41, 5.74) is 2.35. The Labute approximate surface area is 164 Å². The van der Waals surface area contributed by atoms with E-state index in [9.17, 15) is 13.2 Å². The Hall–Kier alpha value is -3.06. The third kappa shape index (κ3) is 4.61. The first-order chi connectivity index (χ1) is 13.4. The third-order valence-corrected chi connectivity index (χ3v) is 5.75. The van der Waals surface area contributed by atoms with Gasteiger partial charge in [-0.25, -0.2) is 8.42 Å². The van der Waals surface area contributed by atoms with E-state index in [2.05, 4.69) is 10.0 Å². The Morgan fingerprint density at radius 1 is 1.00 bits per heavy atom. The molecule has 6 nitrogen and oxygen atoms in total. The largest absolute Gasteiger partial charge is 0.469 e. The zero-order valence-corrected chi connectivity index (χ0v) is 16.5. The van der Waals surface area contributed by atoms with Crippen LogP contribution in [0, 0.1) is 13.8 Å². The van der Waals surface area contributed by atoms with E-state index in [1.54, 1.807) is 37.5 Å². The maximum Gasteiger partial charge on any atom is 0.261 e. The van der Waals surface area contributed by atoms with E-state index in [4.69, 9.17) is 4.42 Å². The second-order valence-corrected chi connectivity index (χ2v) is 8.16. The number of carbonyl (C=O) groups excluding carboxylic acids is 1. The van der Waals surface area contributed by atoms with Gasteiger partial charge in [0.1, 0.15) is 5.76 Å². The first-order valence-electron chi connectivity index (χ1n) is 8.86. The van der Waals surface area contributed by atoms with Crippen LogP contribution in [0.4, 0.5) is 5.69 Å². The number of rotatable bonds is 7. The van der Waals surface area contributed by atoms with Crippen LogP contribution in [0.15, 0.2) is 70.2 Å². The molecule has 7 heteroatoms. The lowest BCUT2D eigenvalue weighted by Crippen LogP contribution is -2.26. The van der Waals surface area contributed by atoms with E-state index in [-0.39, 0.29) is 10.8 Å². The fourth-order valence-electron chi connectivity index (χ4n) is 2.75. The lowest BCUT2D eigenvalue weighted by atomic mass is 10.1. The molecule has 0 bridgehead atoms. The molecule has 0 saturated heterocycles. The quantitative estimate of drug-likeness (QED) is 0.636. The maximum atomic E-state index is 12.8. The minimum absolute atomic E-state index is 0.0394. The summed E-state index contributed by atoms with van der Waals surface area (Å²) < 4.78 is 33.3. The monoisotopic (exact) mass is 398 g/mol. The summed E-state index contributed by atoms with van der Waals surface area (Å²) in [6.07, 6.45) is 2.14. The zero-order chi connectivity index (χ0) is 20.1. The van der Waals surface area contributed by atoms with Gasteiger partial charge in [0.2, 0.25) is 0 Å². The molecule has 0 saturated carbocycles. The Balaban J connectivity index is 1.76. The van der Waals surface area contributed by atoms with E-state index >= 15 is 0 Å². The molecular weight excluding hydrogens is 376 g/mol. The highest BCUT2D eigenvalue weighted by molar-refractivity contribution is 7.92. The molecule has 2 aromatic carbocycles. The minimum Gasteiger partial charge on any atom is -0.469 e. The number of sulfonamides is 1. The number of carbonyl (C=O) groups is 1. The Bertz CT molecular complexity index is 1070. The highest BCUT2D eigenvalue weighted by Crippen LogP contribution is 2.21. The molecule has 0 aliphatic rings. The molecule has 0 atom stereocenters. The van der Waals surface area contributed by atoms with Crippen molar-refractivity contribution in [3.8, 4) is 0 Å². The fourth-order valence-corrected chi connectivity index (χ4v) is 3.91. The van der Waals surface area contributed by atoms with Crippen molar-refractivity contribution >= 4 is 21.6 Å². The van der Waals surface area contributed by atoms with E-state index in [1.807, 2.05) is 25.1 Å². The zero-order valence-electron chi connectivity index (χ0n) is 15.7. The average molecular weight is 398 g/mol. The first kappa shape index (κ1) is 19.7. The Kier molecular flexibility index (Phi) is 5.84. The molecule has 0 unspecified atom stereocenters. The van der Waals surface area contributed by atoms with Crippen LogP contribution in [0.5, 0.6) is 0 Å². The van der Waals surface area contributed by atoms with Gasteiger partial charge in [0.15, 0.2) is 0 Å². The predicted octanol–water partition coefficient (Wildman–Crippen LogP) is 3.67. The molecule has 0 aliphatic heterocycles. The number of anilines is 1. The third-order valence-electron chi connectivity index (χ3n) is 4.39. The van der Waals surface area contributed by atoms with Crippen LogP contribution in [0.25, 0.3) is 0 Å². The summed E-state index contributed by atoms with van der Waals surface area (Å²) >= 11 is 0. The second kappa shape index (κ2) is 8.31. The molecule has 0 aliphatic carbocycles. The van der Waals surface area contributed by atoms with Crippen LogP contribution in [0.1, 0.15) is 27.2 Å². The highest BCUT2D eigenvalue weighted by Gasteiger charge is 2.19. The van der Waals surface area contributed by atoms with Crippen LogP contribution in [0.3, 0.4) is 0 Å². The summed E-state index contributed by atoms with van der Waals surface area (Å²) in [7, 11) is -3.81. The average Bonchev–Trinajstić information content (AvgIpc) is 3.17. The van der Waals surface area contributed by atoms with Crippen molar-refractivity contribution in [1.82, 2.24) is 5.32 Å². The summed E-state index contributed by atoms with van der Waals surface area (Å²) in [6, 6.07) is 15.3. The molecule has 0 radical (unpaired) electrons. The number of hydrogen-bond donors (Lipinski definition) is 2. The molecule has 2 N–H and O–H groups in total. The van der Waals surface area contributed by atoms with Gasteiger partial charge in [-0.1, -0.05) is 24.3 Å². The molecule has 1 heterocycles. The number of nitrogens with one attached hydrogen (secondary N) is 2. The topological polar surface area (TPSA) is 88.4 Å². The van der Waals surface area contributed by atoms with E-state index in [0.717, 1.165) is 11.3 Å². The standard InChI is InChI=1S/C21H22N2O4S/c1-15-9-10-18(28(25,26)23-20-8-4-3-6-16(20)2)14-19(15)21(24)22-12-11-17-7-5-13-27-17/h3-10,13-14,23H,11-12H2,1-2H3,(H,22,24). The van der Waals surface area contributed by atoms with Crippen LogP contribution < -0.4 is 10.0 Å². The molecule has 0 spiro atoms. The lowest BCUT2D eigenvalue weighted by molar-refractivity contribution is 0.0953. The maximum absolute atomic E-state index is 12.8. The molecular formula is C21H22N2O4S. The van der Waals surface area contributed by atoms with Crippen molar-refractivity contribution in [2.24, 2.45) is 0 Å². The van der Waals surface area contributed by atoms with Gasteiger partial charge in [-0.3, -0.25) is 9.52 Å². The summed E-state index contributed by atoms with van der Waals surface area (Å²) in [4.78, 5) is 12.6. The van der Waals surface area contributed by atoms with Gasteiger partial charge in [0.05, 0.1) is 16.8 Å². The molecule has 1 amide bonds. The number of para-hydroxylation sites is 1. The lowest BCUT2D eigenvalue weighted by Gasteiger charge is -2.13. The number of furan rings is 1. The molecule has 3 rings (SSSR count). The molecule has 1 aromatic heterocycles. The van der Waals surface area contributed by atoms with Crippen molar-refractivity contribution < 1.29 is 17.6 Å². The number of aryl methyl sites for hydroxylation is 2. The van der Waals surface area contributed by atoms with Crippen LogP contribution in [0.2, 0.25) is 0 Å². The summed E-state index contributed by atoms with van der Waals surface area (Å²) in [5.74, 6) is 0.452. The van der Waals surface area contributed by atoms with Gasteiger partial charge in [-0.05, 0) is 55.3 Å². The highest BCUT2D eigenvalue weighted by atomic mass is 32.2. The molecule has 3 aromatic rings. The summed E-state index contributed by atoms with van der Waals surface area (Å²) in [5, 5.41) is 2.80. The Morgan fingerprint density at radius 2 is 1.79 bits per heavy atom. The van der Waals surface area contributed by atoms with Crippen molar-refractivity contribution in [1.29, 1.82) is 0 Å². The normalized spacial score (nSPS) is 11.2. The van der Waals surface area contributed by atoms with Gasteiger partial charge in [-0.2, -0.15) is 0 Å². The Morgan fingerprint density at radius 3 is 2.50 bits per heavy atom. The SMILES string of the molecule is Cc1ccccc1NS(=O)(=O)c1ccc(C)c(C(=O)NCCc2ccco2)c1. The van der Waals surface area contributed by atoms with Gasteiger partial charge in [0, 0.05) is 18.5 Å². The molecule has 0 fully saturated rings. The molecule has 146 valence electrons. The van der Waals surface area contributed by atoms with Gasteiger partial charge in [-0.15, -0.1) is 0 Å². The van der Waals surface area contributed by atoms with Crippen LogP contribution in [-0.2, 0) is 16.4 Å². The van der Waals surface area contributed by atoms with Gasteiger partial charge >= 0.3 is 0 Å². The minimum atomic E-state index is -3.81. The predicted molar refractivity (Wildman–Crippen MR) is 108 cm³/mol. The number of amides is 1. The number of benzene rings is 2. The van der Waals surface area contributed by atoms with Crippen molar-refractivity contribution in [3.63, 3.8) is 0 Å². The van der Waals surface area contributed by atoms with Crippen molar-refractivity contribution in [2.45, 2.75) is 25.2 Å². The van der Waals surface area contributed by atoms with E-state index in [0.29, 0.717) is 29.8 Å². The van der Waals surface area contributed by atoms with E-state index in [1.165, 1.54) is 12.1 Å². The van der Waals surface area contributed by atoms with Gasteiger partial charge < -0.3 is 9.73 Å². The fraction of sp³-hybridized carbons (Fsp3) is 0.190.